The average molecular weight is 405 g/mol. The molecule has 0 bridgehead atoms. The van der Waals surface area contributed by atoms with Gasteiger partial charge in [-0.05, 0) is 59.6 Å². The van der Waals surface area contributed by atoms with Gasteiger partial charge in [-0.1, -0.05) is 0 Å². The molecule has 3 heterocycles. The molecule has 3 aromatic rings. The van der Waals surface area contributed by atoms with E-state index in [0.29, 0.717) is 11.5 Å². The molecule has 0 saturated heterocycles. The van der Waals surface area contributed by atoms with Crippen LogP contribution in [0.2, 0.25) is 0 Å². The number of fused-ring (bicyclic) bond motifs is 1. The van der Waals surface area contributed by atoms with Crippen molar-refractivity contribution in [1.29, 1.82) is 0 Å². The molecule has 0 saturated carbocycles. The number of nitrogens with one attached hydrogen (secondary N) is 2. The zero-order valence-electron chi connectivity index (χ0n) is 15.9. The average Bonchev–Trinajstić information content (AvgIpc) is 3.30. The van der Waals surface area contributed by atoms with Crippen LogP contribution in [0, 0.1) is 4.91 Å². The van der Waals surface area contributed by atoms with Crippen molar-refractivity contribution in [3.05, 3.63) is 64.4 Å². The molecule has 0 spiro atoms. The third-order valence-corrected chi connectivity index (χ3v) is 4.39. The summed E-state index contributed by atoms with van der Waals surface area (Å²) < 4.78 is 10.8. The van der Waals surface area contributed by atoms with E-state index in [2.05, 4.69) is 20.5 Å². The van der Waals surface area contributed by atoms with Crippen molar-refractivity contribution < 1.29 is 24.0 Å². The standard InChI is InChI=1S/C21H16N4O5/c1-2-29-21(27)17-18(26)16(10-12-11-23-19-15(12)4-3-9-22-19)30-20(17)24-13-5-7-14(25-28)8-6-13/h3-11,24,26H,2H2,1H3/p+1. The Kier molecular flexibility index (Phi) is 5.08. The molecule has 0 radical (unpaired) electrons. The van der Waals surface area contributed by atoms with Crippen LogP contribution in [0.1, 0.15) is 28.6 Å². The van der Waals surface area contributed by atoms with Crippen molar-refractivity contribution in [1.82, 2.24) is 4.98 Å². The minimum absolute atomic E-state index is 0.0157. The van der Waals surface area contributed by atoms with Gasteiger partial charge in [0.15, 0.2) is 17.1 Å². The van der Waals surface area contributed by atoms with Crippen molar-refractivity contribution in [3.8, 4) is 5.75 Å². The summed E-state index contributed by atoms with van der Waals surface area (Å²) in [6.07, 6.45) is 4.99. The maximum absolute atomic E-state index is 12.4. The second-order valence-corrected chi connectivity index (χ2v) is 6.29. The molecule has 150 valence electrons. The molecule has 1 aliphatic heterocycles. The molecule has 9 nitrogen and oxygen atoms in total. The Morgan fingerprint density at radius 3 is 2.87 bits per heavy atom. The van der Waals surface area contributed by atoms with Crippen LogP contribution in [-0.4, -0.2) is 28.9 Å². The number of benzene rings is 1. The molecular formula is C21H17N4O5+. The van der Waals surface area contributed by atoms with Gasteiger partial charge < -0.3 is 19.6 Å². The van der Waals surface area contributed by atoms with E-state index in [9.17, 15) is 14.8 Å². The number of allylic oxidation sites excluding steroid dienone is 1. The van der Waals surface area contributed by atoms with Gasteiger partial charge in [-0.2, -0.15) is 0 Å². The fourth-order valence-corrected chi connectivity index (χ4v) is 2.99. The van der Waals surface area contributed by atoms with Gasteiger partial charge in [0.1, 0.15) is 11.9 Å². The van der Waals surface area contributed by atoms with E-state index in [4.69, 9.17) is 9.15 Å². The van der Waals surface area contributed by atoms with E-state index in [1.807, 2.05) is 6.07 Å². The summed E-state index contributed by atoms with van der Waals surface area (Å²) in [7, 11) is 0. The second kappa shape index (κ2) is 8.00. The Labute approximate surface area is 170 Å². The fraction of sp³-hybridized carbons (Fsp3) is 0.0952. The van der Waals surface area contributed by atoms with E-state index in [1.54, 1.807) is 43.6 Å². The second-order valence-electron chi connectivity index (χ2n) is 6.29. The third-order valence-electron chi connectivity index (χ3n) is 4.39. The first-order valence-corrected chi connectivity index (χ1v) is 9.11. The van der Waals surface area contributed by atoms with E-state index in [0.717, 1.165) is 11.1 Å². The minimum atomic E-state index is -0.729. The molecule has 0 atom stereocenters. The summed E-state index contributed by atoms with van der Waals surface area (Å²) >= 11 is 0. The van der Waals surface area contributed by atoms with Crippen molar-refractivity contribution in [2.24, 2.45) is 5.18 Å². The summed E-state index contributed by atoms with van der Waals surface area (Å²) in [4.78, 5) is 30.3. The highest BCUT2D eigenvalue weighted by atomic mass is 16.5. The summed E-state index contributed by atoms with van der Waals surface area (Å²) in [6.45, 7) is 1.80. The van der Waals surface area contributed by atoms with Crippen LogP contribution in [0.4, 0.5) is 23.1 Å². The first-order chi connectivity index (χ1) is 14.6. The van der Waals surface area contributed by atoms with Crippen LogP contribution >= 0.6 is 0 Å². The monoisotopic (exact) mass is 405 g/mol. The number of esters is 1. The maximum Gasteiger partial charge on any atom is 0.347 e. The summed E-state index contributed by atoms with van der Waals surface area (Å²) in [5.74, 6) is -0.297. The molecule has 0 unspecified atom stereocenters. The summed E-state index contributed by atoms with van der Waals surface area (Å²) in [6, 6.07) is 9.88. The van der Waals surface area contributed by atoms with Gasteiger partial charge in [0.05, 0.1) is 18.4 Å². The number of rotatable bonds is 6. The Bertz CT molecular complexity index is 1180. The highest BCUT2D eigenvalue weighted by molar-refractivity contribution is 6.17. The summed E-state index contributed by atoms with van der Waals surface area (Å²) in [5, 5.41) is 16.5. The lowest BCUT2D eigenvalue weighted by Crippen LogP contribution is -2.59. The van der Waals surface area contributed by atoms with Crippen molar-refractivity contribution in [3.63, 3.8) is 0 Å². The molecule has 9 heteroatoms. The van der Waals surface area contributed by atoms with Crippen molar-refractivity contribution >= 4 is 46.9 Å². The minimum Gasteiger partial charge on any atom is -0.504 e. The lowest BCUT2D eigenvalue weighted by Gasteiger charge is -2.06. The van der Waals surface area contributed by atoms with Gasteiger partial charge in [-0.15, -0.1) is 4.91 Å². The number of aromatic hydroxyl groups is 1. The predicted molar refractivity (Wildman–Crippen MR) is 110 cm³/mol. The maximum atomic E-state index is 12.4. The van der Waals surface area contributed by atoms with Crippen LogP contribution in [0.5, 0.6) is 5.75 Å². The van der Waals surface area contributed by atoms with E-state index in [1.165, 1.54) is 12.1 Å². The van der Waals surface area contributed by atoms with Crippen LogP contribution in [0.3, 0.4) is 0 Å². The molecule has 1 aromatic carbocycles. The number of furan rings is 1. The number of ether oxygens (including phenoxy) is 1. The van der Waals surface area contributed by atoms with Crippen LogP contribution < -0.4 is 10.3 Å². The number of hydrogen-bond acceptors (Lipinski definition) is 8. The molecule has 0 aliphatic carbocycles. The first-order valence-electron chi connectivity index (χ1n) is 9.11. The topological polar surface area (TPSA) is 128 Å². The van der Waals surface area contributed by atoms with Gasteiger partial charge in [-0.3, -0.25) is 0 Å². The van der Waals surface area contributed by atoms with Crippen molar-refractivity contribution in [2.45, 2.75) is 6.92 Å². The lowest BCUT2D eigenvalue weighted by molar-refractivity contribution is -0.348. The molecule has 0 amide bonds. The first kappa shape index (κ1) is 19.1. The lowest BCUT2D eigenvalue weighted by atomic mass is 10.1. The van der Waals surface area contributed by atoms with Gasteiger partial charge in [0.25, 0.3) is 0 Å². The SMILES string of the molecule is CCOC(=O)c1c(Nc2ccc(N=O)cc2)oc(C=C2C=[NH+]c3ncccc32)c1O. The number of carbonyl (C=O) groups is 1. The molecular weight excluding hydrogens is 388 g/mol. The Morgan fingerprint density at radius 2 is 2.13 bits per heavy atom. The highest BCUT2D eigenvalue weighted by Crippen LogP contribution is 2.38. The number of pyridine rings is 1. The molecule has 1 aliphatic rings. The Hall–Kier alpha value is -4.27. The van der Waals surface area contributed by atoms with Gasteiger partial charge in [0, 0.05) is 11.3 Å². The van der Waals surface area contributed by atoms with Gasteiger partial charge in [-0.25, -0.2) is 9.79 Å². The molecule has 30 heavy (non-hydrogen) atoms. The van der Waals surface area contributed by atoms with Crippen LogP contribution in [-0.2, 0) is 4.74 Å². The number of hydrogen-bond donors (Lipinski definition) is 3. The number of nitroso groups, excluding NO2 is 1. The molecule has 4 rings (SSSR count). The molecule has 2 aromatic heterocycles. The van der Waals surface area contributed by atoms with Crippen LogP contribution in [0.15, 0.2) is 52.2 Å². The normalized spacial score (nSPS) is 13.3. The van der Waals surface area contributed by atoms with E-state index >= 15 is 0 Å². The van der Waals surface area contributed by atoms with Gasteiger partial charge in [0.2, 0.25) is 5.88 Å². The molecule has 3 N–H and O–H groups in total. The van der Waals surface area contributed by atoms with Gasteiger partial charge >= 0.3 is 11.8 Å². The predicted octanol–water partition coefficient (Wildman–Crippen LogP) is 3.04. The molecule has 0 fully saturated rings. The number of nitrogens with zero attached hydrogens (tertiary/aromatic N) is 2. The quantitative estimate of drug-likeness (QED) is 0.425. The zero-order chi connectivity index (χ0) is 21.1. The third kappa shape index (κ3) is 3.55. The van der Waals surface area contributed by atoms with E-state index in [-0.39, 0.29) is 35.3 Å². The van der Waals surface area contributed by atoms with Crippen molar-refractivity contribution in [2.75, 3.05) is 11.9 Å². The number of carbonyl (C=O) groups excluding carboxylic acids is 1. The Morgan fingerprint density at radius 1 is 1.33 bits per heavy atom. The zero-order valence-corrected chi connectivity index (χ0v) is 15.9. The number of anilines is 2. The van der Waals surface area contributed by atoms with E-state index < -0.39 is 5.97 Å². The summed E-state index contributed by atoms with van der Waals surface area (Å²) in [5.41, 5.74) is 2.22. The number of aromatic nitrogens is 1. The Balaban J connectivity index is 1.74. The fourth-order valence-electron chi connectivity index (χ4n) is 2.99. The van der Waals surface area contributed by atoms with Crippen LogP contribution in [0.25, 0.3) is 11.6 Å². The highest BCUT2D eigenvalue weighted by Gasteiger charge is 2.28. The smallest absolute Gasteiger partial charge is 0.347 e. The largest absolute Gasteiger partial charge is 0.504 e.